The molecule has 0 bridgehead atoms. The monoisotopic (exact) mass is 435 g/mol. The zero-order valence-electron chi connectivity index (χ0n) is 18.1. The summed E-state index contributed by atoms with van der Waals surface area (Å²) in [7, 11) is -4.54. The Kier molecular flexibility index (Phi) is 18.8. The molecule has 0 saturated carbocycles. The SMILES string of the molecule is CCCCCCCCC=CCCCCCCCC(=O)OC[C@@H](N)COP(=O)(O)O. The first-order chi connectivity index (χ1) is 13.8. The fourth-order valence-electron chi connectivity index (χ4n) is 2.85. The van der Waals surface area contributed by atoms with E-state index in [1.807, 2.05) is 0 Å². The summed E-state index contributed by atoms with van der Waals surface area (Å²) in [5.74, 6) is -0.339. The van der Waals surface area contributed by atoms with Gasteiger partial charge in [0, 0.05) is 6.42 Å². The maximum absolute atomic E-state index is 11.6. The summed E-state index contributed by atoms with van der Waals surface area (Å²) in [6.07, 6.45) is 20.6. The lowest BCUT2D eigenvalue weighted by Gasteiger charge is -2.13. The van der Waals surface area contributed by atoms with E-state index in [0.29, 0.717) is 6.42 Å². The number of ether oxygens (including phenoxy) is 1. The predicted molar refractivity (Wildman–Crippen MR) is 116 cm³/mol. The van der Waals surface area contributed by atoms with Crippen molar-refractivity contribution < 1.29 is 28.4 Å². The molecule has 0 aromatic carbocycles. The van der Waals surface area contributed by atoms with Crippen molar-refractivity contribution in [3.63, 3.8) is 0 Å². The minimum atomic E-state index is -4.54. The van der Waals surface area contributed by atoms with E-state index in [1.165, 1.54) is 57.8 Å². The number of allylic oxidation sites excluding steroid dienone is 2. The van der Waals surface area contributed by atoms with Gasteiger partial charge in [-0.2, -0.15) is 0 Å². The standard InChI is InChI=1S/C21H42NO6P/c1-2-3-4-5-6-7-8-9-10-11-12-13-14-15-16-17-21(23)27-18-20(22)19-28-29(24,25)26/h9-10,20H,2-8,11-19,22H2,1H3,(H2,24,25,26)/t20-/m1/s1. The van der Waals surface area contributed by atoms with Gasteiger partial charge in [0.25, 0.3) is 0 Å². The Morgan fingerprint density at radius 1 is 0.897 bits per heavy atom. The molecule has 0 aliphatic heterocycles. The number of rotatable bonds is 20. The van der Waals surface area contributed by atoms with E-state index in [4.69, 9.17) is 20.3 Å². The molecule has 0 fully saturated rings. The minimum Gasteiger partial charge on any atom is -0.464 e. The van der Waals surface area contributed by atoms with Gasteiger partial charge in [0.1, 0.15) is 6.61 Å². The number of phosphoric acid groups is 1. The Balaban J connectivity index is 3.38. The Labute approximate surface area is 176 Å². The molecule has 0 aromatic rings. The lowest BCUT2D eigenvalue weighted by molar-refractivity contribution is -0.144. The van der Waals surface area contributed by atoms with Crippen LogP contribution < -0.4 is 5.73 Å². The zero-order valence-corrected chi connectivity index (χ0v) is 19.0. The third kappa shape index (κ3) is 23.4. The summed E-state index contributed by atoms with van der Waals surface area (Å²) < 4.78 is 19.8. The second-order valence-electron chi connectivity index (χ2n) is 7.56. The van der Waals surface area contributed by atoms with Crippen molar-refractivity contribution in [3.8, 4) is 0 Å². The van der Waals surface area contributed by atoms with Crippen molar-refractivity contribution in [3.05, 3.63) is 12.2 Å². The number of phosphoric ester groups is 1. The summed E-state index contributed by atoms with van der Waals surface area (Å²) in [5, 5.41) is 0. The number of hydrogen-bond donors (Lipinski definition) is 3. The summed E-state index contributed by atoms with van der Waals surface area (Å²) in [5.41, 5.74) is 5.56. The quantitative estimate of drug-likeness (QED) is 0.106. The second kappa shape index (κ2) is 19.3. The molecule has 0 heterocycles. The molecule has 0 saturated heterocycles. The third-order valence-corrected chi connectivity index (χ3v) is 5.04. The van der Waals surface area contributed by atoms with Crippen molar-refractivity contribution in [2.75, 3.05) is 13.2 Å². The first-order valence-corrected chi connectivity index (χ1v) is 12.6. The lowest BCUT2D eigenvalue weighted by atomic mass is 10.1. The molecule has 7 nitrogen and oxygen atoms in total. The molecule has 29 heavy (non-hydrogen) atoms. The largest absolute Gasteiger partial charge is 0.469 e. The van der Waals surface area contributed by atoms with Crippen LogP contribution in [0.4, 0.5) is 0 Å². The fraction of sp³-hybridized carbons (Fsp3) is 0.857. The summed E-state index contributed by atoms with van der Waals surface area (Å²) in [6.45, 7) is 1.78. The lowest BCUT2D eigenvalue weighted by Crippen LogP contribution is -2.32. The highest BCUT2D eigenvalue weighted by molar-refractivity contribution is 7.46. The van der Waals surface area contributed by atoms with Crippen molar-refractivity contribution in [2.45, 2.75) is 103 Å². The molecule has 0 aromatic heterocycles. The molecular weight excluding hydrogens is 393 g/mol. The van der Waals surface area contributed by atoms with Crippen molar-refractivity contribution in [1.29, 1.82) is 0 Å². The normalized spacial score (nSPS) is 13.1. The molecule has 0 aliphatic carbocycles. The Hall–Kier alpha value is -0.720. The summed E-state index contributed by atoms with van der Waals surface area (Å²) in [4.78, 5) is 28.7. The van der Waals surface area contributed by atoms with Crippen LogP contribution in [0.3, 0.4) is 0 Å². The van der Waals surface area contributed by atoms with Gasteiger partial charge in [-0.1, -0.05) is 70.4 Å². The molecule has 4 N–H and O–H groups in total. The Morgan fingerprint density at radius 3 is 1.97 bits per heavy atom. The summed E-state index contributed by atoms with van der Waals surface area (Å²) >= 11 is 0. The van der Waals surface area contributed by atoms with Gasteiger partial charge in [-0.3, -0.25) is 9.32 Å². The van der Waals surface area contributed by atoms with Crippen LogP contribution in [0, 0.1) is 0 Å². The van der Waals surface area contributed by atoms with E-state index in [9.17, 15) is 9.36 Å². The third-order valence-electron chi connectivity index (χ3n) is 4.56. The van der Waals surface area contributed by atoms with E-state index in [0.717, 1.165) is 25.7 Å². The van der Waals surface area contributed by atoms with Crippen LogP contribution in [-0.2, 0) is 18.6 Å². The van der Waals surface area contributed by atoms with Crippen molar-refractivity contribution in [2.24, 2.45) is 5.73 Å². The van der Waals surface area contributed by atoms with Crippen LogP contribution in [0.2, 0.25) is 0 Å². The van der Waals surface area contributed by atoms with Crippen LogP contribution in [0.25, 0.3) is 0 Å². The van der Waals surface area contributed by atoms with Crippen LogP contribution in [-0.4, -0.2) is 35.0 Å². The smallest absolute Gasteiger partial charge is 0.464 e. The van der Waals surface area contributed by atoms with Crippen molar-refractivity contribution in [1.82, 2.24) is 0 Å². The van der Waals surface area contributed by atoms with Crippen LogP contribution in [0.1, 0.15) is 96.8 Å². The second-order valence-corrected chi connectivity index (χ2v) is 8.80. The summed E-state index contributed by atoms with van der Waals surface area (Å²) in [6, 6.07) is -0.749. The molecule has 8 heteroatoms. The van der Waals surface area contributed by atoms with Gasteiger partial charge in [0.05, 0.1) is 12.6 Å². The maximum Gasteiger partial charge on any atom is 0.469 e. The highest BCUT2D eigenvalue weighted by atomic mass is 31.2. The highest BCUT2D eigenvalue weighted by Gasteiger charge is 2.17. The number of carbonyl (C=O) groups excluding carboxylic acids is 1. The fourth-order valence-corrected chi connectivity index (χ4v) is 3.24. The number of hydrogen-bond acceptors (Lipinski definition) is 5. The van der Waals surface area contributed by atoms with E-state index >= 15 is 0 Å². The number of nitrogens with two attached hydrogens (primary N) is 1. The topological polar surface area (TPSA) is 119 Å². The van der Waals surface area contributed by atoms with Crippen LogP contribution >= 0.6 is 7.82 Å². The van der Waals surface area contributed by atoms with Crippen LogP contribution in [0.15, 0.2) is 12.2 Å². The van der Waals surface area contributed by atoms with Gasteiger partial charge >= 0.3 is 13.8 Å². The van der Waals surface area contributed by atoms with Crippen molar-refractivity contribution >= 4 is 13.8 Å². The van der Waals surface area contributed by atoms with Gasteiger partial charge in [-0.15, -0.1) is 0 Å². The van der Waals surface area contributed by atoms with E-state index < -0.39 is 13.9 Å². The van der Waals surface area contributed by atoms with Crippen LogP contribution in [0.5, 0.6) is 0 Å². The zero-order chi connectivity index (χ0) is 21.8. The number of carbonyl (C=O) groups is 1. The molecular formula is C21H42NO6P. The molecule has 0 unspecified atom stereocenters. The van der Waals surface area contributed by atoms with Gasteiger partial charge < -0.3 is 20.3 Å². The Bertz CT molecular complexity index is 466. The molecule has 0 amide bonds. The first kappa shape index (κ1) is 28.3. The maximum atomic E-state index is 11.6. The minimum absolute atomic E-state index is 0.107. The number of unbranched alkanes of at least 4 members (excludes halogenated alkanes) is 11. The van der Waals surface area contributed by atoms with Gasteiger partial charge in [-0.25, -0.2) is 4.57 Å². The van der Waals surface area contributed by atoms with E-state index in [-0.39, 0.29) is 19.2 Å². The highest BCUT2D eigenvalue weighted by Crippen LogP contribution is 2.35. The predicted octanol–water partition coefficient (Wildman–Crippen LogP) is 5.00. The van der Waals surface area contributed by atoms with E-state index in [1.54, 1.807) is 0 Å². The molecule has 0 rings (SSSR count). The average molecular weight is 436 g/mol. The molecule has 172 valence electrons. The number of esters is 1. The van der Waals surface area contributed by atoms with E-state index in [2.05, 4.69) is 23.6 Å². The van der Waals surface area contributed by atoms with Gasteiger partial charge in [0.2, 0.25) is 0 Å². The molecule has 0 radical (unpaired) electrons. The van der Waals surface area contributed by atoms with Gasteiger partial charge in [0.15, 0.2) is 0 Å². The first-order valence-electron chi connectivity index (χ1n) is 11.1. The molecule has 0 aliphatic rings. The Morgan fingerprint density at radius 2 is 1.41 bits per heavy atom. The molecule has 0 spiro atoms. The average Bonchev–Trinajstić information content (AvgIpc) is 2.67. The molecule has 1 atom stereocenters. The van der Waals surface area contributed by atoms with Gasteiger partial charge in [-0.05, 0) is 32.1 Å².